The molecule has 0 aliphatic heterocycles. The minimum absolute atomic E-state index is 0.0853. The minimum Gasteiger partial charge on any atom is -0.480 e. The van der Waals surface area contributed by atoms with Crippen LogP contribution in [0.2, 0.25) is 0 Å². The number of ether oxygens (including phenoxy) is 1. The third-order valence-corrected chi connectivity index (χ3v) is 11.2. The van der Waals surface area contributed by atoms with Crippen LogP contribution in [-0.2, 0) is 9.53 Å². The van der Waals surface area contributed by atoms with Crippen molar-refractivity contribution in [1.29, 1.82) is 0 Å². The fraction of sp³-hybridized carbons (Fsp3) is 0.839. The van der Waals surface area contributed by atoms with Crippen LogP contribution in [-0.4, -0.2) is 23.8 Å². The van der Waals surface area contributed by atoms with Crippen molar-refractivity contribution in [2.24, 2.45) is 52.3 Å². The Morgan fingerprint density at radius 3 is 2.56 bits per heavy atom. The van der Waals surface area contributed by atoms with Gasteiger partial charge in [0, 0.05) is 0 Å². The average molecular weight is 471 g/mol. The number of carboxylic acids is 1. The van der Waals surface area contributed by atoms with E-state index >= 15 is 0 Å². The SMILES string of the molecule is CC[C@@H](/C=C/C(C)[C@H]1CCC2C3CC=C4C[C@@H](OCC(=O)O)CC[C@]4(C)C3CC[C@@]21C)C(C)C. The van der Waals surface area contributed by atoms with Crippen molar-refractivity contribution in [3.8, 4) is 0 Å². The molecule has 0 aromatic heterocycles. The average Bonchev–Trinajstić information content (AvgIpc) is 3.15. The molecule has 0 bridgehead atoms. The zero-order valence-corrected chi connectivity index (χ0v) is 22.7. The monoisotopic (exact) mass is 470 g/mol. The van der Waals surface area contributed by atoms with Gasteiger partial charge in [-0.15, -0.1) is 0 Å². The number of allylic oxidation sites excluding steroid dienone is 3. The van der Waals surface area contributed by atoms with Crippen molar-refractivity contribution in [3.05, 3.63) is 23.8 Å². The molecule has 1 N–H and O–H groups in total. The molecule has 4 rings (SSSR count). The zero-order chi connectivity index (χ0) is 24.7. The van der Waals surface area contributed by atoms with Crippen molar-refractivity contribution in [3.63, 3.8) is 0 Å². The summed E-state index contributed by atoms with van der Waals surface area (Å²) in [5.74, 6) is 4.54. The normalized spacial score (nSPS) is 41.5. The Hall–Kier alpha value is -1.09. The number of hydrogen-bond acceptors (Lipinski definition) is 2. The number of fused-ring (bicyclic) bond motifs is 5. The Labute approximate surface area is 208 Å². The van der Waals surface area contributed by atoms with Crippen LogP contribution < -0.4 is 0 Å². The summed E-state index contributed by atoms with van der Waals surface area (Å²) in [7, 11) is 0. The van der Waals surface area contributed by atoms with Gasteiger partial charge in [0.05, 0.1) is 6.10 Å². The summed E-state index contributed by atoms with van der Waals surface area (Å²) in [6, 6.07) is 0. The predicted molar refractivity (Wildman–Crippen MR) is 139 cm³/mol. The number of carboxylic acid groups (broad SMARTS) is 1. The maximum absolute atomic E-state index is 11.0. The summed E-state index contributed by atoms with van der Waals surface area (Å²) in [6.07, 6.45) is 18.9. The van der Waals surface area contributed by atoms with Crippen LogP contribution in [0.15, 0.2) is 23.8 Å². The topological polar surface area (TPSA) is 46.5 Å². The molecule has 3 fully saturated rings. The first-order valence-corrected chi connectivity index (χ1v) is 14.3. The molecule has 0 aromatic carbocycles. The third-order valence-electron chi connectivity index (χ3n) is 11.2. The van der Waals surface area contributed by atoms with Crippen LogP contribution in [0, 0.1) is 52.3 Å². The Balaban J connectivity index is 1.47. The Morgan fingerprint density at radius 1 is 1.12 bits per heavy atom. The predicted octanol–water partition coefficient (Wildman–Crippen LogP) is 7.91. The number of rotatable bonds is 8. The van der Waals surface area contributed by atoms with Gasteiger partial charge >= 0.3 is 5.97 Å². The van der Waals surface area contributed by atoms with Crippen molar-refractivity contribution in [1.82, 2.24) is 0 Å². The van der Waals surface area contributed by atoms with E-state index in [4.69, 9.17) is 9.84 Å². The van der Waals surface area contributed by atoms with Gasteiger partial charge < -0.3 is 9.84 Å². The van der Waals surface area contributed by atoms with E-state index in [1.54, 1.807) is 5.57 Å². The number of hydrogen-bond donors (Lipinski definition) is 1. The molecule has 0 spiro atoms. The van der Waals surface area contributed by atoms with E-state index in [-0.39, 0.29) is 12.7 Å². The highest BCUT2D eigenvalue weighted by atomic mass is 16.5. The molecule has 0 saturated heterocycles. The highest BCUT2D eigenvalue weighted by Gasteiger charge is 2.59. The number of aliphatic carboxylic acids is 1. The molecule has 3 saturated carbocycles. The summed E-state index contributed by atoms with van der Waals surface area (Å²) in [5.41, 5.74) is 2.35. The van der Waals surface area contributed by atoms with E-state index < -0.39 is 5.97 Å². The quantitative estimate of drug-likeness (QED) is 0.367. The van der Waals surface area contributed by atoms with E-state index in [0.29, 0.717) is 22.7 Å². The molecule has 4 aliphatic rings. The van der Waals surface area contributed by atoms with Gasteiger partial charge in [-0.3, -0.25) is 0 Å². The highest BCUT2D eigenvalue weighted by molar-refractivity contribution is 5.68. The van der Waals surface area contributed by atoms with E-state index in [9.17, 15) is 4.79 Å². The largest absolute Gasteiger partial charge is 0.480 e. The lowest BCUT2D eigenvalue weighted by Gasteiger charge is -2.58. The second-order valence-corrected chi connectivity index (χ2v) is 13.1. The molecule has 0 heterocycles. The Kier molecular flexibility index (Phi) is 7.73. The van der Waals surface area contributed by atoms with Crippen molar-refractivity contribution in [2.45, 2.75) is 105 Å². The lowest BCUT2D eigenvalue weighted by atomic mass is 9.47. The molecular formula is C31H50O3. The molecule has 4 unspecified atom stereocenters. The second-order valence-electron chi connectivity index (χ2n) is 13.1. The van der Waals surface area contributed by atoms with Crippen molar-refractivity contribution < 1.29 is 14.6 Å². The van der Waals surface area contributed by atoms with E-state index in [0.717, 1.165) is 48.9 Å². The summed E-state index contributed by atoms with van der Waals surface area (Å²) >= 11 is 0. The first-order chi connectivity index (χ1) is 16.1. The lowest BCUT2D eigenvalue weighted by Crippen LogP contribution is -2.51. The minimum atomic E-state index is -0.855. The van der Waals surface area contributed by atoms with Gasteiger partial charge in [0.15, 0.2) is 0 Å². The van der Waals surface area contributed by atoms with Crippen LogP contribution in [0.25, 0.3) is 0 Å². The van der Waals surface area contributed by atoms with Crippen molar-refractivity contribution in [2.75, 3.05) is 6.61 Å². The van der Waals surface area contributed by atoms with Crippen LogP contribution >= 0.6 is 0 Å². The lowest BCUT2D eigenvalue weighted by molar-refractivity contribution is -0.145. The van der Waals surface area contributed by atoms with Gasteiger partial charge in [-0.1, -0.05) is 65.3 Å². The van der Waals surface area contributed by atoms with E-state index in [1.807, 2.05) is 0 Å². The van der Waals surface area contributed by atoms with Crippen LogP contribution in [0.4, 0.5) is 0 Å². The van der Waals surface area contributed by atoms with Gasteiger partial charge in [-0.05, 0) is 110 Å². The first-order valence-electron chi connectivity index (χ1n) is 14.3. The summed E-state index contributed by atoms with van der Waals surface area (Å²) < 4.78 is 5.72. The van der Waals surface area contributed by atoms with Gasteiger partial charge in [0.25, 0.3) is 0 Å². The van der Waals surface area contributed by atoms with E-state index in [1.165, 1.54) is 38.5 Å². The maximum atomic E-state index is 11.0. The van der Waals surface area contributed by atoms with Gasteiger partial charge in [-0.2, -0.15) is 0 Å². The van der Waals surface area contributed by atoms with E-state index in [2.05, 4.69) is 59.8 Å². The fourth-order valence-corrected chi connectivity index (χ4v) is 9.14. The molecular weight excluding hydrogens is 420 g/mol. The fourth-order valence-electron chi connectivity index (χ4n) is 9.14. The van der Waals surface area contributed by atoms with Gasteiger partial charge in [0.1, 0.15) is 6.61 Å². The maximum Gasteiger partial charge on any atom is 0.329 e. The number of carbonyl (C=O) groups is 1. The standard InChI is InChI=1S/C31H50O3/c1-7-22(20(2)3)9-8-21(4)26-12-13-27-25-11-10-23-18-24(34-19-29(32)33)14-16-30(23,5)28(25)15-17-31(26,27)6/h8-10,20-22,24-28H,7,11-19H2,1-6H3,(H,32,33)/b9-8+/t21?,22-,24-,25?,26+,27?,28?,30-,31+/m0/s1. The van der Waals surface area contributed by atoms with Crippen LogP contribution in [0.1, 0.15) is 99.3 Å². The molecule has 9 atom stereocenters. The second kappa shape index (κ2) is 10.1. The first kappa shape index (κ1) is 26.0. The summed E-state index contributed by atoms with van der Waals surface area (Å²) in [5, 5.41) is 9.01. The van der Waals surface area contributed by atoms with Gasteiger partial charge in [0.2, 0.25) is 0 Å². The molecule has 0 radical (unpaired) electrons. The summed E-state index contributed by atoms with van der Waals surface area (Å²) in [6.45, 7) is 14.5. The molecule has 192 valence electrons. The molecule has 3 heteroatoms. The molecule has 0 aromatic rings. The smallest absolute Gasteiger partial charge is 0.329 e. The molecule has 34 heavy (non-hydrogen) atoms. The third kappa shape index (κ3) is 4.67. The van der Waals surface area contributed by atoms with Crippen LogP contribution in [0.5, 0.6) is 0 Å². The molecule has 3 nitrogen and oxygen atoms in total. The molecule has 4 aliphatic carbocycles. The summed E-state index contributed by atoms with van der Waals surface area (Å²) in [4.78, 5) is 11.0. The highest BCUT2D eigenvalue weighted by Crippen LogP contribution is 2.67. The Morgan fingerprint density at radius 2 is 1.88 bits per heavy atom. The molecule has 0 amide bonds. The Bertz CT molecular complexity index is 796. The van der Waals surface area contributed by atoms with Gasteiger partial charge in [-0.25, -0.2) is 4.79 Å². The van der Waals surface area contributed by atoms with Crippen molar-refractivity contribution >= 4 is 5.97 Å². The van der Waals surface area contributed by atoms with Crippen LogP contribution in [0.3, 0.4) is 0 Å². The zero-order valence-electron chi connectivity index (χ0n) is 22.7.